The number of ether oxygens (including phenoxy) is 1. The van der Waals surface area contributed by atoms with Crippen molar-refractivity contribution in [3.05, 3.63) is 27.6 Å². The summed E-state index contributed by atoms with van der Waals surface area (Å²) in [5.74, 6) is 0.924. The number of aromatic nitrogens is 3. The second-order valence-corrected chi connectivity index (χ2v) is 9.00. The van der Waals surface area contributed by atoms with Crippen LogP contribution in [0.2, 0.25) is 5.02 Å². The molecule has 0 aromatic carbocycles. The molecular weight excluding hydrogens is 414 g/mol. The van der Waals surface area contributed by atoms with Gasteiger partial charge in [0.05, 0.1) is 18.2 Å². The fraction of sp³-hybridized carbons (Fsp3) is 0.500. The number of halogens is 1. The summed E-state index contributed by atoms with van der Waals surface area (Å²) < 4.78 is 7.11. The summed E-state index contributed by atoms with van der Waals surface area (Å²) in [6, 6.07) is 1.75. The van der Waals surface area contributed by atoms with Crippen molar-refractivity contribution in [3.8, 4) is 0 Å². The average molecular weight is 438 g/mol. The Balaban J connectivity index is 1.59. The van der Waals surface area contributed by atoms with Crippen LogP contribution in [0.15, 0.2) is 26.8 Å². The van der Waals surface area contributed by atoms with E-state index in [1.54, 1.807) is 13.1 Å². The van der Waals surface area contributed by atoms with Gasteiger partial charge in [0.2, 0.25) is 5.95 Å². The third-order valence-electron chi connectivity index (χ3n) is 5.86. The van der Waals surface area contributed by atoms with E-state index >= 15 is 0 Å². The van der Waals surface area contributed by atoms with Crippen molar-refractivity contribution in [1.82, 2.24) is 14.5 Å². The van der Waals surface area contributed by atoms with Gasteiger partial charge in [0.15, 0.2) is 0 Å². The van der Waals surface area contributed by atoms with Gasteiger partial charge in [0.25, 0.3) is 5.56 Å². The topological polar surface area (TPSA) is 138 Å². The molecular formula is C18H24ClN7O2S. The van der Waals surface area contributed by atoms with Crippen LogP contribution in [0.5, 0.6) is 0 Å². The van der Waals surface area contributed by atoms with E-state index < -0.39 is 0 Å². The van der Waals surface area contributed by atoms with Crippen LogP contribution in [0.1, 0.15) is 12.8 Å². The van der Waals surface area contributed by atoms with Crippen LogP contribution >= 0.6 is 23.4 Å². The molecule has 0 amide bonds. The molecule has 2 aliphatic rings. The molecule has 0 aliphatic carbocycles. The highest BCUT2D eigenvalue weighted by molar-refractivity contribution is 7.99. The van der Waals surface area contributed by atoms with Crippen LogP contribution in [-0.4, -0.2) is 46.9 Å². The predicted molar refractivity (Wildman–Crippen MR) is 114 cm³/mol. The number of rotatable bonds is 3. The van der Waals surface area contributed by atoms with E-state index in [1.807, 2.05) is 0 Å². The molecule has 2 aromatic heterocycles. The van der Waals surface area contributed by atoms with E-state index in [-0.39, 0.29) is 28.7 Å². The molecule has 2 aliphatic heterocycles. The fourth-order valence-corrected chi connectivity index (χ4v) is 5.08. The Labute approximate surface area is 177 Å². The minimum absolute atomic E-state index is 0.0225. The van der Waals surface area contributed by atoms with E-state index in [2.05, 4.69) is 14.9 Å². The van der Waals surface area contributed by atoms with Gasteiger partial charge >= 0.3 is 0 Å². The summed E-state index contributed by atoms with van der Waals surface area (Å²) >= 11 is 7.35. The third-order valence-corrected chi connectivity index (χ3v) is 7.52. The van der Waals surface area contributed by atoms with E-state index in [0.29, 0.717) is 34.0 Å². The van der Waals surface area contributed by atoms with Gasteiger partial charge in [-0.15, -0.1) is 0 Å². The summed E-state index contributed by atoms with van der Waals surface area (Å²) in [5, 5.41) is 0.291. The van der Waals surface area contributed by atoms with Gasteiger partial charge < -0.3 is 26.8 Å². The molecule has 4 rings (SSSR count). The Morgan fingerprint density at radius 3 is 2.69 bits per heavy atom. The number of anilines is 3. The van der Waals surface area contributed by atoms with E-state index in [0.717, 1.165) is 37.7 Å². The SMILES string of the molecule is Cn1c(N2CCC3(CC2)COC[C@H]3N)nc(N)c(Sc2ccnc(N)c2Cl)c1=O. The lowest BCUT2D eigenvalue weighted by Gasteiger charge is -2.41. The second kappa shape index (κ2) is 7.67. The quantitative estimate of drug-likeness (QED) is 0.643. The molecule has 4 heterocycles. The van der Waals surface area contributed by atoms with Crippen molar-refractivity contribution in [2.45, 2.75) is 28.7 Å². The number of pyridine rings is 1. The first-order chi connectivity index (χ1) is 13.8. The van der Waals surface area contributed by atoms with Gasteiger partial charge in [-0.2, -0.15) is 4.98 Å². The van der Waals surface area contributed by atoms with Crippen LogP contribution in [-0.2, 0) is 11.8 Å². The van der Waals surface area contributed by atoms with E-state index in [1.165, 1.54) is 10.8 Å². The van der Waals surface area contributed by atoms with Gasteiger partial charge in [-0.3, -0.25) is 9.36 Å². The van der Waals surface area contributed by atoms with Crippen molar-refractivity contribution in [2.24, 2.45) is 18.2 Å². The number of piperidine rings is 1. The van der Waals surface area contributed by atoms with Gasteiger partial charge in [-0.1, -0.05) is 23.4 Å². The molecule has 0 radical (unpaired) electrons. The first kappa shape index (κ1) is 20.3. The number of nitrogens with two attached hydrogens (primary N) is 3. The zero-order valence-electron chi connectivity index (χ0n) is 16.1. The maximum absolute atomic E-state index is 13.0. The first-order valence-electron chi connectivity index (χ1n) is 9.35. The molecule has 0 bridgehead atoms. The number of hydrogen-bond acceptors (Lipinski definition) is 9. The molecule has 11 heteroatoms. The minimum atomic E-state index is -0.231. The predicted octanol–water partition coefficient (Wildman–Crippen LogP) is 1.09. The highest BCUT2D eigenvalue weighted by atomic mass is 35.5. The molecule has 0 saturated carbocycles. The Morgan fingerprint density at radius 2 is 2.03 bits per heavy atom. The summed E-state index contributed by atoms with van der Waals surface area (Å²) in [6.45, 7) is 2.80. The molecule has 0 unspecified atom stereocenters. The summed E-state index contributed by atoms with van der Waals surface area (Å²) in [4.78, 5) is 24.5. The molecule has 6 N–H and O–H groups in total. The normalized spacial score (nSPS) is 21.1. The molecule has 1 atom stereocenters. The fourth-order valence-electron chi connectivity index (χ4n) is 3.94. The van der Waals surface area contributed by atoms with Crippen molar-refractivity contribution in [1.29, 1.82) is 0 Å². The Bertz CT molecular complexity index is 991. The average Bonchev–Trinajstić information content (AvgIpc) is 3.05. The lowest BCUT2D eigenvalue weighted by atomic mass is 9.75. The van der Waals surface area contributed by atoms with Crippen LogP contribution in [0.3, 0.4) is 0 Å². The maximum Gasteiger partial charge on any atom is 0.270 e. The van der Waals surface area contributed by atoms with Crippen molar-refractivity contribution in [2.75, 3.05) is 42.7 Å². The lowest BCUT2D eigenvalue weighted by Crippen LogP contribution is -2.50. The van der Waals surface area contributed by atoms with E-state index in [9.17, 15) is 4.79 Å². The monoisotopic (exact) mass is 437 g/mol. The molecule has 156 valence electrons. The highest BCUT2D eigenvalue weighted by Gasteiger charge is 2.44. The second-order valence-electron chi connectivity index (χ2n) is 7.57. The van der Waals surface area contributed by atoms with Crippen LogP contribution in [0.25, 0.3) is 0 Å². The smallest absolute Gasteiger partial charge is 0.270 e. The van der Waals surface area contributed by atoms with Crippen molar-refractivity contribution in [3.63, 3.8) is 0 Å². The number of nitrogen functional groups attached to an aromatic ring is 2. The zero-order valence-corrected chi connectivity index (χ0v) is 17.7. The first-order valence-corrected chi connectivity index (χ1v) is 10.5. The molecule has 29 heavy (non-hydrogen) atoms. The van der Waals surface area contributed by atoms with Crippen LogP contribution in [0.4, 0.5) is 17.6 Å². The minimum Gasteiger partial charge on any atom is -0.382 e. The Hall–Kier alpha value is -2.01. The van der Waals surface area contributed by atoms with Crippen LogP contribution in [0, 0.1) is 5.41 Å². The molecule has 2 aromatic rings. The largest absolute Gasteiger partial charge is 0.382 e. The van der Waals surface area contributed by atoms with Gasteiger partial charge in [0, 0.05) is 42.7 Å². The molecule has 9 nitrogen and oxygen atoms in total. The Kier molecular flexibility index (Phi) is 5.36. The van der Waals surface area contributed by atoms with Gasteiger partial charge in [-0.25, -0.2) is 4.98 Å². The Morgan fingerprint density at radius 1 is 1.31 bits per heavy atom. The van der Waals surface area contributed by atoms with E-state index in [4.69, 9.17) is 33.5 Å². The summed E-state index contributed by atoms with van der Waals surface area (Å²) in [5.41, 5.74) is 18.0. The van der Waals surface area contributed by atoms with Crippen LogP contribution < -0.4 is 27.7 Å². The highest BCUT2D eigenvalue weighted by Crippen LogP contribution is 2.40. The number of nitrogens with zero attached hydrogens (tertiary/aromatic N) is 4. The van der Waals surface area contributed by atoms with Gasteiger partial charge in [-0.05, 0) is 18.9 Å². The number of hydrogen-bond donors (Lipinski definition) is 3. The van der Waals surface area contributed by atoms with Crippen molar-refractivity contribution >= 4 is 40.9 Å². The molecule has 2 fully saturated rings. The summed E-state index contributed by atoms with van der Waals surface area (Å²) in [7, 11) is 1.70. The molecule has 1 spiro atoms. The van der Waals surface area contributed by atoms with Gasteiger partial charge in [0.1, 0.15) is 16.5 Å². The standard InChI is InChI=1S/C18H24ClN7O2S/c1-25-16(27)13(29-10-2-5-23-14(21)12(10)19)15(22)24-17(25)26-6-3-18(4-7-26)9-28-8-11(18)20/h2,5,11H,3-4,6-9,20,22H2,1H3,(H2,21,23)/t11-/m1/s1. The third kappa shape index (κ3) is 3.54. The van der Waals surface area contributed by atoms with Crippen molar-refractivity contribution < 1.29 is 4.74 Å². The zero-order chi connectivity index (χ0) is 20.8. The molecule has 2 saturated heterocycles. The lowest BCUT2D eigenvalue weighted by molar-refractivity contribution is 0.131. The summed E-state index contributed by atoms with van der Waals surface area (Å²) in [6.07, 6.45) is 3.33. The maximum atomic E-state index is 13.0.